The van der Waals surface area contributed by atoms with Crippen molar-refractivity contribution in [2.24, 2.45) is 0 Å². The van der Waals surface area contributed by atoms with Gasteiger partial charge in [0.15, 0.2) is 0 Å². The Kier molecular flexibility index (Phi) is 3.13. The van der Waals surface area contributed by atoms with E-state index in [4.69, 9.17) is 5.11 Å². The van der Waals surface area contributed by atoms with Crippen molar-refractivity contribution in [3.8, 4) is 5.75 Å². The SMILES string of the molecule is OCc1ccc(NC2CCc3c(O)cccc32)cc1. The van der Waals surface area contributed by atoms with E-state index in [1.54, 1.807) is 6.07 Å². The summed E-state index contributed by atoms with van der Waals surface area (Å²) in [4.78, 5) is 0. The fraction of sp³-hybridized carbons (Fsp3) is 0.250. The number of aromatic hydroxyl groups is 1. The molecule has 0 amide bonds. The van der Waals surface area contributed by atoms with Gasteiger partial charge in [-0.2, -0.15) is 0 Å². The minimum atomic E-state index is 0.0699. The van der Waals surface area contributed by atoms with E-state index in [0.29, 0.717) is 5.75 Å². The highest BCUT2D eigenvalue weighted by molar-refractivity contribution is 5.51. The molecular formula is C16H17NO2. The first-order valence-electron chi connectivity index (χ1n) is 6.55. The van der Waals surface area contributed by atoms with Crippen LogP contribution in [0.2, 0.25) is 0 Å². The lowest BCUT2D eigenvalue weighted by atomic mass is 10.1. The molecule has 19 heavy (non-hydrogen) atoms. The van der Waals surface area contributed by atoms with Crippen LogP contribution in [0.15, 0.2) is 42.5 Å². The minimum absolute atomic E-state index is 0.0699. The molecule has 3 rings (SSSR count). The van der Waals surface area contributed by atoms with Gasteiger partial charge in [-0.1, -0.05) is 24.3 Å². The lowest BCUT2D eigenvalue weighted by Crippen LogP contribution is -2.06. The van der Waals surface area contributed by atoms with Crippen molar-refractivity contribution >= 4 is 5.69 Å². The van der Waals surface area contributed by atoms with Crippen molar-refractivity contribution in [1.82, 2.24) is 0 Å². The van der Waals surface area contributed by atoms with E-state index in [0.717, 1.165) is 29.7 Å². The summed E-state index contributed by atoms with van der Waals surface area (Å²) in [6.45, 7) is 0.0699. The van der Waals surface area contributed by atoms with E-state index in [1.165, 1.54) is 5.56 Å². The van der Waals surface area contributed by atoms with Gasteiger partial charge < -0.3 is 15.5 Å². The molecule has 0 saturated carbocycles. The van der Waals surface area contributed by atoms with Gasteiger partial charge in [0.25, 0.3) is 0 Å². The van der Waals surface area contributed by atoms with Crippen LogP contribution in [0.3, 0.4) is 0 Å². The zero-order valence-electron chi connectivity index (χ0n) is 10.6. The van der Waals surface area contributed by atoms with Gasteiger partial charge in [-0.15, -0.1) is 0 Å². The number of aliphatic hydroxyl groups excluding tert-OH is 1. The fourth-order valence-corrected chi connectivity index (χ4v) is 2.69. The maximum absolute atomic E-state index is 9.83. The second-order valence-electron chi connectivity index (χ2n) is 4.94. The Morgan fingerprint density at radius 3 is 2.63 bits per heavy atom. The monoisotopic (exact) mass is 255 g/mol. The third kappa shape index (κ3) is 2.29. The second-order valence-corrected chi connectivity index (χ2v) is 4.94. The lowest BCUT2D eigenvalue weighted by molar-refractivity contribution is 0.282. The number of rotatable bonds is 3. The van der Waals surface area contributed by atoms with Crippen molar-refractivity contribution in [2.75, 3.05) is 5.32 Å². The van der Waals surface area contributed by atoms with E-state index in [1.807, 2.05) is 30.3 Å². The summed E-state index contributed by atoms with van der Waals surface area (Å²) in [7, 11) is 0. The summed E-state index contributed by atoms with van der Waals surface area (Å²) in [6, 6.07) is 13.8. The average Bonchev–Trinajstić information content (AvgIpc) is 2.84. The van der Waals surface area contributed by atoms with Gasteiger partial charge in [0, 0.05) is 5.69 Å². The maximum Gasteiger partial charge on any atom is 0.119 e. The normalized spacial score (nSPS) is 17.2. The molecule has 98 valence electrons. The molecule has 1 aliphatic rings. The number of fused-ring (bicyclic) bond motifs is 1. The zero-order chi connectivity index (χ0) is 13.2. The number of benzene rings is 2. The van der Waals surface area contributed by atoms with Crippen LogP contribution in [0, 0.1) is 0 Å². The molecule has 0 bridgehead atoms. The molecule has 3 N–H and O–H groups in total. The maximum atomic E-state index is 9.83. The van der Waals surface area contributed by atoms with Gasteiger partial charge in [-0.25, -0.2) is 0 Å². The molecule has 3 heteroatoms. The number of phenols is 1. The van der Waals surface area contributed by atoms with E-state index in [2.05, 4.69) is 11.4 Å². The van der Waals surface area contributed by atoms with Gasteiger partial charge in [-0.3, -0.25) is 0 Å². The number of hydrogen-bond donors (Lipinski definition) is 3. The number of hydrogen-bond acceptors (Lipinski definition) is 3. The number of phenolic OH excluding ortho intramolecular Hbond substituents is 1. The van der Waals surface area contributed by atoms with Crippen molar-refractivity contribution < 1.29 is 10.2 Å². The van der Waals surface area contributed by atoms with Crippen LogP contribution in [0.4, 0.5) is 5.69 Å². The quantitative estimate of drug-likeness (QED) is 0.790. The second kappa shape index (κ2) is 4.94. The first-order chi connectivity index (χ1) is 9.28. The van der Waals surface area contributed by atoms with Gasteiger partial charge in [0.05, 0.1) is 12.6 Å². The van der Waals surface area contributed by atoms with Crippen LogP contribution in [-0.2, 0) is 13.0 Å². The first-order valence-corrected chi connectivity index (χ1v) is 6.55. The summed E-state index contributed by atoms with van der Waals surface area (Å²) in [5.41, 5.74) is 4.20. The van der Waals surface area contributed by atoms with Crippen LogP contribution in [-0.4, -0.2) is 10.2 Å². The highest BCUT2D eigenvalue weighted by atomic mass is 16.3. The highest BCUT2D eigenvalue weighted by Gasteiger charge is 2.24. The van der Waals surface area contributed by atoms with Crippen molar-refractivity contribution in [3.05, 3.63) is 59.2 Å². The van der Waals surface area contributed by atoms with Gasteiger partial charge in [0.1, 0.15) is 5.75 Å². The van der Waals surface area contributed by atoms with Crippen LogP contribution in [0.5, 0.6) is 5.75 Å². The van der Waals surface area contributed by atoms with E-state index in [9.17, 15) is 5.11 Å². The fourth-order valence-electron chi connectivity index (χ4n) is 2.69. The predicted octanol–water partition coefficient (Wildman–Crippen LogP) is 2.98. The summed E-state index contributed by atoms with van der Waals surface area (Å²) in [5.74, 6) is 0.400. The summed E-state index contributed by atoms with van der Waals surface area (Å²) in [6.07, 6.45) is 1.91. The Bertz CT molecular complexity index is 578. The molecule has 0 aliphatic heterocycles. The molecular weight excluding hydrogens is 238 g/mol. The number of nitrogens with one attached hydrogen (secondary N) is 1. The molecule has 1 atom stereocenters. The number of anilines is 1. The van der Waals surface area contributed by atoms with Crippen LogP contribution >= 0.6 is 0 Å². The highest BCUT2D eigenvalue weighted by Crippen LogP contribution is 2.38. The van der Waals surface area contributed by atoms with Crippen LogP contribution < -0.4 is 5.32 Å². The average molecular weight is 255 g/mol. The molecule has 0 heterocycles. The first kappa shape index (κ1) is 12.1. The molecule has 0 aromatic heterocycles. The van der Waals surface area contributed by atoms with E-state index in [-0.39, 0.29) is 12.6 Å². The topological polar surface area (TPSA) is 52.5 Å². The molecule has 2 aromatic carbocycles. The molecule has 0 spiro atoms. The van der Waals surface area contributed by atoms with Gasteiger partial charge in [0.2, 0.25) is 0 Å². The van der Waals surface area contributed by atoms with Crippen molar-refractivity contribution in [3.63, 3.8) is 0 Å². The molecule has 0 saturated heterocycles. The molecule has 0 radical (unpaired) electrons. The Labute approximate surface area is 112 Å². The summed E-state index contributed by atoms with van der Waals surface area (Å²) < 4.78 is 0. The molecule has 1 unspecified atom stereocenters. The Morgan fingerprint density at radius 2 is 1.89 bits per heavy atom. The van der Waals surface area contributed by atoms with Gasteiger partial charge in [-0.05, 0) is 47.7 Å². The van der Waals surface area contributed by atoms with Crippen molar-refractivity contribution in [2.45, 2.75) is 25.5 Å². The molecule has 0 fully saturated rings. The zero-order valence-corrected chi connectivity index (χ0v) is 10.6. The predicted molar refractivity (Wildman–Crippen MR) is 75.2 cm³/mol. The molecule has 3 nitrogen and oxygen atoms in total. The van der Waals surface area contributed by atoms with Gasteiger partial charge >= 0.3 is 0 Å². The summed E-state index contributed by atoms with van der Waals surface area (Å²) in [5, 5.41) is 22.3. The third-order valence-electron chi connectivity index (χ3n) is 3.72. The van der Waals surface area contributed by atoms with E-state index >= 15 is 0 Å². The molecule has 2 aromatic rings. The summed E-state index contributed by atoms with van der Waals surface area (Å²) >= 11 is 0. The number of aliphatic hydroxyl groups is 1. The van der Waals surface area contributed by atoms with Crippen LogP contribution in [0.1, 0.15) is 29.2 Å². The standard InChI is InChI=1S/C16H17NO2/c18-10-11-4-6-12(7-5-11)17-15-9-8-14-13(15)2-1-3-16(14)19/h1-7,15,17-19H,8-10H2. The Hall–Kier alpha value is -2.00. The van der Waals surface area contributed by atoms with Crippen LogP contribution in [0.25, 0.3) is 0 Å². The Balaban J connectivity index is 1.80. The third-order valence-corrected chi connectivity index (χ3v) is 3.72. The molecule has 1 aliphatic carbocycles. The van der Waals surface area contributed by atoms with Crippen molar-refractivity contribution in [1.29, 1.82) is 0 Å². The minimum Gasteiger partial charge on any atom is -0.508 e. The largest absolute Gasteiger partial charge is 0.508 e. The van der Waals surface area contributed by atoms with E-state index < -0.39 is 0 Å². The smallest absolute Gasteiger partial charge is 0.119 e. The lowest BCUT2D eigenvalue weighted by Gasteiger charge is -2.16. The Morgan fingerprint density at radius 1 is 1.11 bits per heavy atom.